The molecule has 21 heavy (non-hydrogen) atoms. The van der Waals surface area contributed by atoms with Gasteiger partial charge in [-0.2, -0.15) is 4.98 Å². The van der Waals surface area contributed by atoms with Crippen LogP contribution in [0.25, 0.3) is 22.4 Å². The van der Waals surface area contributed by atoms with E-state index in [1.54, 1.807) is 6.20 Å². The van der Waals surface area contributed by atoms with Gasteiger partial charge in [-0.1, -0.05) is 11.2 Å². The van der Waals surface area contributed by atoms with E-state index in [1.807, 2.05) is 49.3 Å². The molecule has 0 bridgehead atoms. The molecule has 0 saturated carbocycles. The fourth-order valence-corrected chi connectivity index (χ4v) is 2.19. The smallest absolute Gasteiger partial charge is 0.258 e. The standard InChI is InChI=1S/C15H17N5O/c1-20(2)9-12(16)14-18-15(21-19-14)11-5-6-13-10(8-11)4-3-7-17-13/h3-8,12H,9,16H2,1-2H3. The van der Waals surface area contributed by atoms with Crippen molar-refractivity contribution in [1.82, 2.24) is 20.0 Å². The van der Waals surface area contributed by atoms with Crippen molar-refractivity contribution >= 4 is 10.9 Å². The molecule has 1 atom stereocenters. The third-order valence-corrected chi connectivity index (χ3v) is 3.19. The minimum absolute atomic E-state index is 0.264. The summed E-state index contributed by atoms with van der Waals surface area (Å²) in [6.45, 7) is 0.667. The number of nitrogens with zero attached hydrogens (tertiary/aromatic N) is 4. The SMILES string of the molecule is CN(C)CC(N)c1noc(-c2ccc3ncccc3c2)n1. The number of aromatic nitrogens is 3. The first kappa shape index (κ1) is 13.7. The number of rotatable bonds is 4. The van der Waals surface area contributed by atoms with Crippen LogP contribution in [-0.4, -0.2) is 40.7 Å². The zero-order valence-corrected chi connectivity index (χ0v) is 12.0. The van der Waals surface area contributed by atoms with Gasteiger partial charge in [0.05, 0.1) is 11.6 Å². The highest BCUT2D eigenvalue weighted by molar-refractivity contribution is 5.82. The van der Waals surface area contributed by atoms with E-state index in [-0.39, 0.29) is 6.04 Å². The van der Waals surface area contributed by atoms with Crippen LogP contribution in [0.4, 0.5) is 0 Å². The second kappa shape index (κ2) is 5.59. The summed E-state index contributed by atoms with van der Waals surface area (Å²) in [7, 11) is 3.91. The molecule has 6 heteroatoms. The second-order valence-corrected chi connectivity index (χ2v) is 5.24. The van der Waals surface area contributed by atoms with E-state index in [1.165, 1.54) is 0 Å². The third-order valence-electron chi connectivity index (χ3n) is 3.19. The van der Waals surface area contributed by atoms with E-state index < -0.39 is 0 Å². The van der Waals surface area contributed by atoms with E-state index in [0.717, 1.165) is 16.5 Å². The molecule has 3 aromatic rings. The summed E-state index contributed by atoms with van der Waals surface area (Å²) in [6.07, 6.45) is 1.77. The van der Waals surface area contributed by atoms with Crippen molar-refractivity contribution in [3.05, 3.63) is 42.4 Å². The number of hydrogen-bond donors (Lipinski definition) is 1. The Kier molecular flexibility index (Phi) is 3.64. The molecule has 2 N–H and O–H groups in total. The Bertz CT molecular complexity index is 752. The lowest BCUT2D eigenvalue weighted by Gasteiger charge is -2.12. The summed E-state index contributed by atoms with van der Waals surface area (Å²) in [5.41, 5.74) is 7.84. The van der Waals surface area contributed by atoms with Crippen LogP contribution >= 0.6 is 0 Å². The van der Waals surface area contributed by atoms with Crippen molar-refractivity contribution in [2.75, 3.05) is 20.6 Å². The van der Waals surface area contributed by atoms with E-state index in [9.17, 15) is 0 Å². The fourth-order valence-electron chi connectivity index (χ4n) is 2.19. The van der Waals surface area contributed by atoms with Gasteiger partial charge in [0.2, 0.25) is 0 Å². The lowest BCUT2D eigenvalue weighted by Crippen LogP contribution is -2.26. The molecular weight excluding hydrogens is 266 g/mol. The highest BCUT2D eigenvalue weighted by Gasteiger charge is 2.16. The lowest BCUT2D eigenvalue weighted by atomic mass is 10.1. The average molecular weight is 283 g/mol. The predicted octanol–water partition coefficient (Wildman–Crippen LogP) is 1.85. The van der Waals surface area contributed by atoms with Gasteiger partial charge in [0.25, 0.3) is 5.89 Å². The molecule has 1 aromatic carbocycles. The fraction of sp³-hybridized carbons (Fsp3) is 0.267. The average Bonchev–Trinajstić information content (AvgIpc) is 2.96. The Morgan fingerprint density at radius 2 is 2.14 bits per heavy atom. The number of benzene rings is 1. The molecule has 3 rings (SSSR count). The number of likely N-dealkylation sites (N-methyl/N-ethyl adjacent to an activating group) is 1. The highest BCUT2D eigenvalue weighted by Crippen LogP contribution is 2.23. The zero-order chi connectivity index (χ0) is 14.8. The minimum Gasteiger partial charge on any atom is -0.334 e. The van der Waals surface area contributed by atoms with Crippen LogP contribution in [0, 0.1) is 0 Å². The quantitative estimate of drug-likeness (QED) is 0.787. The molecule has 0 fully saturated rings. The summed E-state index contributed by atoms with van der Waals surface area (Å²) < 4.78 is 5.32. The zero-order valence-electron chi connectivity index (χ0n) is 12.0. The molecule has 0 aliphatic heterocycles. The van der Waals surface area contributed by atoms with Crippen LogP contribution < -0.4 is 5.73 Å². The molecule has 0 amide bonds. The Hall–Kier alpha value is -2.31. The van der Waals surface area contributed by atoms with Crippen LogP contribution in [0.3, 0.4) is 0 Å². The van der Waals surface area contributed by atoms with Crippen molar-refractivity contribution < 1.29 is 4.52 Å². The molecular formula is C15H17N5O. The van der Waals surface area contributed by atoms with Crippen LogP contribution in [0.15, 0.2) is 41.1 Å². The molecule has 108 valence electrons. The van der Waals surface area contributed by atoms with Gasteiger partial charge in [0.15, 0.2) is 5.82 Å². The Balaban J connectivity index is 1.90. The third kappa shape index (κ3) is 2.91. The van der Waals surface area contributed by atoms with Gasteiger partial charge in [0, 0.05) is 23.7 Å². The monoisotopic (exact) mass is 283 g/mol. The number of hydrogen-bond acceptors (Lipinski definition) is 6. The van der Waals surface area contributed by atoms with Crippen LogP contribution in [0.2, 0.25) is 0 Å². The van der Waals surface area contributed by atoms with Gasteiger partial charge < -0.3 is 15.2 Å². The van der Waals surface area contributed by atoms with Crippen molar-refractivity contribution in [3.8, 4) is 11.5 Å². The maximum Gasteiger partial charge on any atom is 0.258 e. The first-order valence-corrected chi connectivity index (χ1v) is 6.72. The van der Waals surface area contributed by atoms with Gasteiger partial charge in [-0.25, -0.2) is 0 Å². The molecule has 0 aliphatic carbocycles. The molecule has 6 nitrogen and oxygen atoms in total. The maximum atomic E-state index is 6.04. The van der Waals surface area contributed by atoms with E-state index >= 15 is 0 Å². The van der Waals surface area contributed by atoms with Gasteiger partial charge >= 0.3 is 0 Å². The van der Waals surface area contributed by atoms with Gasteiger partial charge in [-0.05, 0) is 38.4 Å². The number of pyridine rings is 1. The largest absolute Gasteiger partial charge is 0.334 e. The van der Waals surface area contributed by atoms with Crippen molar-refractivity contribution in [3.63, 3.8) is 0 Å². The van der Waals surface area contributed by atoms with E-state index in [0.29, 0.717) is 18.3 Å². The first-order valence-electron chi connectivity index (χ1n) is 6.72. The lowest BCUT2D eigenvalue weighted by molar-refractivity contribution is 0.357. The summed E-state index contributed by atoms with van der Waals surface area (Å²) in [6, 6.07) is 9.48. The van der Waals surface area contributed by atoms with E-state index in [4.69, 9.17) is 10.3 Å². The van der Waals surface area contributed by atoms with Gasteiger partial charge in [-0.3, -0.25) is 4.98 Å². The summed E-state index contributed by atoms with van der Waals surface area (Å²) in [4.78, 5) is 10.7. The Morgan fingerprint density at radius 3 is 2.95 bits per heavy atom. The summed E-state index contributed by atoms with van der Waals surface area (Å²) in [5.74, 6) is 0.995. The highest BCUT2D eigenvalue weighted by atomic mass is 16.5. The van der Waals surface area contributed by atoms with Crippen LogP contribution in [0.1, 0.15) is 11.9 Å². The second-order valence-electron chi connectivity index (χ2n) is 5.24. The Labute approximate surface area is 122 Å². The van der Waals surface area contributed by atoms with Gasteiger partial charge in [0.1, 0.15) is 0 Å². The first-order chi connectivity index (χ1) is 10.1. The van der Waals surface area contributed by atoms with Crippen molar-refractivity contribution in [2.45, 2.75) is 6.04 Å². The van der Waals surface area contributed by atoms with Crippen LogP contribution in [0.5, 0.6) is 0 Å². The molecule has 0 aliphatic rings. The molecule has 0 radical (unpaired) electrons. The van der Waals surface area contributed by atoms with Crippen LogP contribution in [-0.2, 0) is 0 Å². The molecule has 2 aromatic heterocycles. The molecule has 1 unspecified atom stereocenters. The molecule has 2 heterocycles. The molecule has 0 spiro atoms. The van der Waals surface area contributed by atoms with Crippen molar-refractivity contribution in [2.24, 2.45) is 5.73 Å². The van der Waals surface area contributed by atoms with Gasteiger partial charge in [-0.15, -0.1) is 0 Å². The maximum absolute atomic E-state index is 6.04. The summed E-state index contributed by atoms with van der Waals surface area (Å²) >= 11 is 0. The number of nitrogens with two attached hydrogens (primary N) is 1. The van der Waals surface area contributed by atoms with Crippen molar-refractivity contribution in [1.29, 1.82) is 0 Å². The minimum atomic E-state index is -0.264. The number of fused-ring (bicyclic) bond motifs is 1. The summed E-state index contributed by atoms with van der Waals surface area (Å²) in [5, 5.41) is 5.01. The van der Waals surface area contributed by atoms with E-state index in [2.05, 4.69) is 15.1 Å². The normalized spacial score (nSPS) is 13.0. The molecule has 0 saturated heterocycles. The topological polar surface area (TPSA) is 81.1 Å². The predicted molar refractivity (Wildman–Crippen MR) is 80.5 cm³/mol. The Morgan fingerprint density at radius 1 is 1.29 bits per heavy atom.